The van der Waals surface area contributed by atoms with Crippen molar-refractivity contribution in [3.63, 3.8) is 0 Å². The molecule has 3 aromatic rings. The second-order valence-corrected chi connectivity index (χ2v) is 6.64. The van der Waals surface area contributed by atoms with E-state index in [4.69, 9.17) is 0 Å². The normalized spacial score (nSPS) is 11.5. The van der Waals surface area contributed by atoms with Crippen LogP contribution in [0, 0.1) is 10.1 Å². The quantitative estimate of drug-likeness (QED) is 0.574. The Bertz CT molecular complexity index is 859. The van der Waals surface area contributed by atoms with Crippen molar-refractivity contribution in [2.45, 2.75) is 26.2 Å². The summed E-state index contributed by atoms with van der Waals surface area (Å²) in [6.07, 6.45) is 0. The highest BCUT2D eigenvalue weighted by Gasteiger charge is 2.14. The summed E-state index contributed by atoms with van der Waals surface area (Å²) in [5, 5.41) is 17.8. The zero-order chi connectivity index (χ0) is 17.3. The van der Waals surface area contributed by atoms with Gasteiger partial charge < -0.3 is 0 Å². The van der Waals surface area contributed by atoms with Gasteiger partial charge in [0.2, 0.25) is 0 Å². The number of non-ortho nitro benzene ring substituents is 1. The Morgan fingerprint density at radius 1 is 0.958 bits per heavy atom. The lowest BCUT2D eigenvalue weighted by atomic mass is 9.87. The fraction of sp³-hybridized carbons (Fsp3) is 0.222. The van der Waals surface area contributed by atoms with E-state index in [2.05, 4.69) is 48.1 Å². The predicted molar refractivity (Wildman–Crippen MR) is 92.6 cm³/mol. The highest BCUT2D eigenvalue weighted by molar-refractivity contribution is 5.62. The lowest BCUT2D eigenvalue weighted by Gasteiger charge is -2.18. The zero-order valence-electron chi connectivity index (χ0n) is 13.8. The summed E-state index contributed by atoms with van der Waals surface area (Å²) in [5.41, 5.74) is 3.08. The first-order valence-electron chi connectivity index (χ1n) is 7.63. The van der Waals surface area contributed by atoms with Crippen molar-refractivity contribution in [2.75, 3.05) is 0 Å². The molecule has 122 valence electrons. The average molecular weight is 322 g/mol. The van der Waals surface area contributed by atoms with Crippen LogP contribution in [-0.4, -0.2) is 20.1 Å². The Balaban J connectivity index is 1.86. The van der Waals surface area contributed by atoms with Crippen molar-refractivity contribution in [3.8, 4) is 22.8 Å². The first-order chi connectivity index (χ1) is 11.3. The van der Waals surface area contributed by atoms with Crippen molar-refractivity contribution in [3.05, 3.63) is 64.2 Å². The molecule has 0 fully saturated rings. The van der Waals surface area contributed by atoms with Gasteiger partial charge in [-0.05, 0) is 23.1 Å². The molecule has 1 aromatic heterocycles. The minimum atomic E-state index is -0.424. The highest BCUT2D eigenvalue weighted by Crippen LogP contribution is 2.26. The lowest BCUT2D eigenvalue weighted by Crippen LogP contribution is -2.10. The van der Waals surface area contributed by atoms with Crippen LogP contribution in [0.5, 0.6) is 0 Å². The Hall–Kier alpha value is -3.02. The molecule has 1 heterocycles. The van der Waals surface area contributed by atoms with Crippen LogP contribution in [0.1, 0.15) is 26.3 Å². The number of nitro benzene ring substituents is 1. The lowest BCUT2D eigenvalue weighted by molar-refractivity contribution is -0.384. The summed E-state index contributed by atoms with van der Waals surface area (Å²) in [6, 6.07) is 14.4. The Morgan fingerprint density at radius 3 is 2.08 bits per heavy atom. The van der Waals surface area contributed by atoms with Crippen molar-refractivity contribution >= 4 is 5.69 Å². The molecule has 0 amide bonds. The summed E-state index contributed by atoms with van der Waals surface area (Å²) in [7, 11) is 0. The van der Waals surface area contributed by atoms with Gasteiger partial charge >= 0.3 is 0 Å². The molecule has 0 atom stereocenters. The van der Waals surface area contributed by atoms with Crippen molar-refractivity contribution in [1.82, 2.24) is 15.2 Å². The van der Waals surface area contributed by atoms with Gasteiger partial charge in [0.15, 0.2) is 11.6 Å². The van der Waals surface area contributed by atoms with Crippen LogP contribution in [0.15, 0.2) is 48.5 Å². The first-order valence-corrected chi connectivity index (χ1v) is 7.63. The van der Waals surface area contributed by atoms with Crippen molar-refractivity contribution < 1.29 is 4.92 Å². The molecular formula is C18H18N4O2. The molecule has 0 aliphatic carbocycles. The fourth-order valence-electron chi connectivity index (χ4n) is 2.38. The van der Waals surface area contributed by atoms with Crippen LogP contribution in [0.4, 0.5) is 5.69 Å². The van der Waals surface area contributed by atoms with Gasteiger partial charge in [0, 0.05) is 23.3 Å². The number of hydrogen-bond acceptors (Lipinski definition) is 4. The fourth-order valence-corrected chi connectivity index (χ4v) is 2.38. The second kappa shape index (κ2) is 5.88. The van der Waals surface area contributed by atoms with E-state index in [9.17, 15) is 10.1 Å². The van der Waals surface area contributed by atoms with Gasteiger partial charge in [0.1, 0.15) is 0 Å². The Morgan fingerprint density at radius 2 is 1.54 bits per heavy atom. The van der Waals surface area contributed by atoms with Crippen LogP contribution in [-0.2, 0) is 5.41 Å². The third-order valence-electron chi connectivity index (χ3n) is 3.85. The Labute approximate surface area is 139 Å². The van der Waals surface area contributed by atoms with Gasteiger partial charge in [0.05, 0.1) is 4.92 Å². The summed E-state index contributed by atoms with van der Waals surface area (Å²) < 4.78 is 0. The van der Waals surface area contributed by atoms with E-state index < -0.39 is 4.92 Å². The van der Waals surface area contributed by atoms with E-state index in [1.54, 1.807) is 12.1 Å². The summed E-state index contributed by atoms with van der Waals surface area (Å²) in [4.78, 5) is 14.8. The Kier molecular flexibility index (Phi) is 3.89. The number of benzene rings is 2. The molecule has 2 aromatic carbocycles. The molecule has 0 aliphatic rings. The minimum Gasteiger partial charge on any atom is -0.259 e. The molecule has 1 N–H and O–H groups in total. The van der Waals surface area contributed by atoms with Crippen LogP contribution in [0.25, 0.3) is 22.8 Å². The predicted octanol–water partition coefficient (Wildman–Crippen LogP) is 4.34. The molecular weight excluding hydrogens is 304 g/mol. The number of nitrogens with one attached hydrogen (secondary N) is 1. The van der Waals surface area contributed by atoms with Gasteiger partial charge in [-0.15, -0.1) is 0 Å². The molecule has 0 radical (unpaired) electrons. The van der Waals surface area contributed by atoms with E-state index >= 15 is 0 Å². The van der Waals surface area contributed by atoms with Crippen LogP contribution in [0.3, 0.4) is 0 Å². The topological polar surface area (TPSA) is 84.7 Å². The SMILES string of the molecule is CC(C)(C)c1ccc(-c2n[nH]c(-c3ccc([N+](=O)[O-])cc3)n2)cc1. The third-order valence-corrected chi connectivity index (χ3v) is 3.85. The van der Waals surface area contributed by atoms with Gasteiger partial charge in [0.25, 0.3) is 5.69 Å². The number of rotatable bonds is 3. The van der Waals surface area contributed by atoms with E-state index in [-0.39, 0.29) is 11.1 Å². The van der Waals surface area contributed by atoms with E-state index in [0.717, 1.165) is 11.1 Å². The largest absolute Gasteiger partial charge is 0.269 e. The van der Waals surface area contributed by atoms with E-state index in [0.29, 0.717) is 11.6 Å². The maximum absolute atomic E-state index is 10.7. The molecule has 3 rings (SSSR count). The first kappa shape index (κ1) is 15.9. The average Bonchev–Trinajstić information content (AvgIpc) is 3.04. The molecule has 0 bridgehead atoms. The van der Waals surface area contributed by atoms with Gasteiger partial charge in [-0.2, -0.15) is 5.10 Å². The minimum absolute atomic E-state index is 0.0521. The summed E-state index contributed by atoms with van der Waals surface area (Å²) in [5.74, 6) is 1.18. The number of nitro groups is 1. The summed E-state index contributed by atoms with van der Waals surface area (Å²) in [6.45, 7) is 6.50. The standard InChI is InChI=1S/C18H18N4O2/c1-18(2,3)14-8-4-12(5-9-14)16-19-17(21-20-16)13-6-10-15(11-7-13)22(23)24/h4-11H,1-3H3,(H,19,20,21). The van der Waals surface area contributed by atoms with Crippen molar-refractivity contribution in [2.24, 2.45) is 0 Å². The maximum atomic E-state index is 10.7. The molecule has 0 unspecified atom stereocenters. The number of nitrogens with zero attached hydrogens (tertiary/aromatic N) is 3. The number of aromatic amines is 1. The molecule has 0 saturated carbocycles. The monoisotopic (exact) mass is 322 g/mol. The third kappa shape index (κ3) is 3.17. The van der Waals surface area contributed by atoms with Gasteiger partial charge in [-0.3, -0.25) is 15.2 Å². The van der Waals surface area contributed by atoms with Crippen LogP contribution >= 0.6 is 0 Å². The van der Waals surface area contributed by atoms with E-state index in [1.165, 1.54) is 17.7 Å². The molecule has 0 spiro atoms. The van der Waals surface area contributed by atoms with Crippen LogP contribution < -0.4 is 0 Å². The smallest absolute Gasteiger partial charge is 0.259 e. The van der Waals surface area contributed by atoms with Gasteiger partial charge in [-0.25, -0.2) is 4.98 Å². The number of hydrogen-bond donors (Lipinski definition) is 1. The molecule has 24 heavy (non-hydrogen) atoms. The summed E-state index contributed by atoms with van der Waals surface area (Å²) >= 11 is 0. The van der Waals surface area contributed by atoms with Crippen LogP contribution in [0.2, 0.25) is 0 Å². The molecule has 0 aliphatic heterocycles. The molecule has 0 saturated heterocycles. The van der Waals surface area contributed by atoms with E-state index in [1.807, 2.05) is 12.1 Å². The highest BCUT2D eigenvalue weighted by atomic mass is 16.6. The maximum Gasteiger partial charge on any atom is 0.269 e. The molecule has 6 heteroatoms. The zero-order valence-corrected chi connectivity index (χ0v) is 13.8. The number of H-pyrrole nitrogens is 1. The van der Waals surface area contributed by atoms with Crippen molar-refractivity contribution in [1.29, 1.82) is 0 Å². The second-order valence-electron chi connectivity index (χ2n) is 6.64. The van der Waals surface area contributed by atoms with Gasteiger partial charge in [-0.1, -0.05) is 45.0 Å². The number of aromatic nitrogens is 3. The molecule has 6 nitrogen and oxygen atoms in total.